The highest BCUT2D eigenvalue weighted by Gasteiger charge is 2.26. The Balaban J connectivity index is 1.53. The van der Waals surface area contributed by atoms with Gasteiger partial charge in [0.05, 0.1) is 7.11 Å². The van der Waals surface area contributed by atoms with Crippen LogP contribution in [0, 0.1) is 12.8 Å². The second-order valence-corrected chi connectivity index (χ2v) is 7.51. The Morgan fingerprint density at radius 3 is 3.00 bits per heavy atom. The lowest BCUT2D eigenvalue weighted by Crippen LogP contribution is -2.43. The van der Waals surface area contributed by atoms with Crippen molar-refractivity contribution in [2.75, 3.05) is 39.8 Å². The highest BCUT2D eigenvalue weighted by Crippen LogP contribution is 2.20. The molecule has 2 aromatic rings. The van der Waals surface area contributed by atoms with E-state index in [0.717, 1.165) is 44.8 Å². The summed E-state index contributed by atoms with van der Waals surface area (Å²) in [5.41, 5.74) is 1.74. The number of likely N-dealkylation sites (tertiary alicyclic amines) is 1. The number of benzene rings is 1. The average Bonchev–Trinajstić information content (AvgIpc) is 3.16. The number of methoxy groups -OCH3 is 1. The first kappa shape index (κ1) is 20.4. The van der Waals surface area contributed by atoms with Crippen LogP contribution >= 0.6 is 0 Å². The Morgan fingerprint density at radius 2 is 2.29 bits per heavy atom. The molecule has 1 amide bonds. The van der Waals surface area contributed by atoms with E-state index in [1.54, 1.807) is 14.0 Å². The number of aromatic nitrogens is 1. The van der Waals surface area contributed by atoms with Crippen LogP contribution < -0.4 is 4.74 Å². The fourth-order valence-electron chi connectivity index (χ4n) is 3.95. The van der Waals surface area contributed by atoms with Crippen molar-refractivity contribution in [1.29, 1.82) is 0 Å². The first-order valence-electron chi connectivity index (χ1n) is 10.1. The first-order chi connectivity index (χ1) is 13.6. The molecule has 1 aromatic carbocycles. The van der Waals surface area contributed by atoms with Crippen molar-refractivity contribution >= 4 is 5.91 Å². The second-order valence-electron chi connectivity index (χ2n) is 7.51. The van der Waals surface area contributed by atoms with Gasteiger partial charge in [0.1, 0.15) is 11.5 Å². The number of hydrogen-bond acceptors (Lipinski definition) is 5. The predicted octanol–water partition coefficient (Wildman–Crippen LogP) is 3.41. The molecule has 0 N–H and O–H groups in total. The third-order valence-electron chi connectivity index (χ3n) is 5.55. The molecular formula is C22H31N3O3. The van der Waals surface area contributed by atoms with Crippen LogP contribution in [0.1, 0.15) is 41.6 Å². The Labute approximate surface area is 167 Å². The van der Waals surface area contributed by atoms with E-state index < -0.39 is 0 Å². The molecule has 152 valence electrons. The number of rotatable bonds is 8. The lowest BCUT2D eigenvalue weighted by Gasteiger charge is -2.35. The third kappa shape index (κ3) is 5.13. The molecule has 0 unspecified atom stereocenters. The van der Waals surface area contributed by atoms with Gasteiger partial charge in [-0.2, -0.15) is 0 Å². The summed E-state index contributed by atoms with van der Waals surface area (Å²) in [6.07, 6.45) is 4.70. The van der Waals surface area contributed by atoms with Gasteiger partial charge >= 0.3 is 0 Å². The summed E-state index contributed by atoms with van der Waals surface area (Å²) in [5.74, 6) is 1.97. The molecule has 1 fully saturated rings. The zero-order valence-electron chi connectivity index (χ0n) is 17.2. The van der Waals surface area contributed by atoms with E-state index >= 15 is 0 Å². The molecule has 1 aliphatic heterocycles. The number of aryl methyl sites for hydroxylation is 1. The van der Waals surface area contributed by atoms with Crippen LogP contribution in [-0.4, -0.2) is 60.5 Å². The molecule has 0 bridgehead atoms. The molecule has 1 aliphatic rings. The van der Waals surface area contributed by atoms with Gasteiger partial charge in [-0.25, -0.2) is 4.98 Å². The summed E-state index contributed by atoms with van der Waals surface area (Å²) in [5, 5.41) is 0. The fraction of sp³-hybridized carbons (Fsp3) is 0.545. The van der Waals surface area contributed by atoms with Gasteiger partial charge in [0.15, 0.2) is 12.1 Å². The van der Waals surface area contributed by atoms with E-state index in [1.807, 2.05) is 24.0 Å². The van der Waals surface area contributed by atoms with Crippen LogP contribution in [-0.2, 0) is 6.42 Å². The normalized spacial score (nSPS) is 17.5. The quantitative estimate of drug-likeness (QED) is 0.697. The number of hydrogen-bond donors (Lipinski definition) is 0. The van der Waals surface area contributed by atoms with Crippen LogP contribution in [0.25, 0.3) is 0 Å². The molecule has 6 heteroatoms. The number of oxazole rings is 1. The molecule has 1 atom stereocenters. The first-order valence-corrected chi connectivity index (χ1v) is 10.1. The lowest BCUT2D eigenvalue weighted by molar-refractivity contribution is 0.0684. The molecule has 3 rings (SSSR count). The van der Waals surface area contributed by atoms with Gasteiger partial charge in [-0.05, 0) is 63.3 Å². The lowest BCUT2D eigenvalue weighted by atomic mass is 9.96. The van der Waals surface area contributed by atoms with Gasteiger partial charge in [0, 0.05) is 26.2 Å². The maximum Gasteiger partial charge on any atom is 0.276 e. The van der Waals surface area contributed by atoms with Gasteiger partial charge in [0.25, 0.3) is 5.91 Å². The maximum absolute atomic E-state index is 12.8. The Morgan fingerprint density at radius 1 is 1.43 bits per heavy atom. The summed E-state index contributed by atoms with van der Waals surface area (Å²) < 4.78 is 10.5. The minimum atomic E-state index is -0.0257. The van der Waals surface area contributed by atoms with Crippen molar-refractivity contribution in [2.45, 2.75) is 33.1 Å². The molecule has 0 aliphatic carbocycles. The summed E-state index contributed by atoms with van der Waals surface area (Å²) in [7, 11) is 1.70. The summed E-state index contributed by atoms with van der Waals surface area (Å²) in [4.78, 5) is 21.3. The van der Waals surface area contributed by atoms with E-state index in [2.05, 4.69) is 22.0 Å². The third-order valence-corrected chi connectivity index (χ3v) is 5.55. The van der Waals surface area contributed by atoms with Crippen LogP contribution in [0.2, 0.25) is 0 Å². The molecule has 1 saturated heterocycles. The van der Waals surface area contributed by atoms with Crippen LogP contribution in [0.5, 0.6) is 5.75 Å². The molecule has 0 spiro atoms. The zero-order valence-corrected chi connectivity index (χ0v) is 17.2. The molecular weight excluding hydrogens is 354 g/mol. The fourth-order valence-corrected chi connectivity index (χ4v) is 3.95. The molecule has 6 nitrogen and oxygen atoms in total. The molecule has 28 heavy (non-hydrogen) atoms. The topological polar surface area (TPSA) is 58.8 Å². The van der Waals surface area contributed by atoms with Crippen molar-refractivity contribution in [3.8, 4) is 5.75 Å². The maximum atomic E-state index is 12.8. The predicted molar refractivity (Wildman–Crippen MR) is 109 cm³/mol. The number of piperidine rings is 1. The average molecular weight is 386 g/mol. The van der Waals surface area contributed by atoms with E-state index in [9.17, 15) is 4.79 Å². The Bertz CT molecular complexity index is 774. The van der Waals surface area contributed by atoms with Crippen LogP contribution in [0.15, 0.2) is 35.1 Å². The minimum absolute atomic E-state index is 0.0257. The largest absolute Gasteiger partial charge is 0.497 e. The standard InChI is InChI=1S/C22H31N3O3/c1-4-25(22(26)21-17(2)28-16-23-21)15-19-8-6-11-24(14-19)12-10-18-7-5-9-20(13-18)27-3/h5,7,9,13,16,19H,4,6,8,10-12,14-15H2,1-3H3/t19-/m1/s1. The monoisotopic (exact) mass is 385 g/mol. The molecule has 0 saturated carbocycles. The minimum Gasteiger partial charge on any atom is -0.497 e. The Hall–Kier alpha value is -2.34. The second kappa shape index (κ2) is 9.73. The highest BCUT2D eigenvalue weighted by molar-refractivity contribution is 5.93. The summed E-state index contributed by atoms with van der Waals surface area (Å²) in [6.45, 7) is 8.47. The van der Waals surface area contributed by atoms with Crippen LogP contribution in [0.3, 0.4) is 0 Å². The molecule has 2 heterocycles. The van der Waals surface area contributed by atoms with Gasteiger partial charge in [-0.1, -0.05) is 12.1 Å². The highest BCUT2D eigenvalue weighted by atomic mass is 16.5. The van der Waals surface area contributed by atoms with Crippen molar-refractivity contribution < 1.29 is 13.9 Å². The van der Waals surface area contributed by atoms with Crippen molar-refractivity contribution in [3.63, 3.8) is 0 Å². The number of amides is 1. The van der Waals surface area contributed by atoms with Gasteiger partial charge in [-0.3, -0.25) is 4.79 Å². The number of nitrogens with zero attached hydrogens (tertiary/aromatic N) is 3. The van der Waals surface area contributed by atoms with Crippen molar-refractivity contribution in [2.24, 2.45) is 5.92 Å². The van der Waals surface area contributed by atoms with Gasteiger partial charge < -0.3 is 19.0 Å². The molecule has 0 radical (unpaired) electrons. The van der Waals surface area contributed by atoms with E-state index in [4.69, 9.17) is 9.15 Å². The van der Waals surface area contributed by atoms with E-state index in [0.29, 0.717) is 23.9 Å². The Kier molecular flexibility index (Phi) is 7.09. The summed E-state index contributed by atoms with van der Waals surface area (Å²) >= 11 is 0. The van der Waals surface area contributed by atoms with E-state index in [1.165, 1.54) is 18.4 Å². The van der Waals surface area contributed by atoms with Gasteiger partial charge in [0.2, 0.25) is 0 Å². The van der Waals surface area contributed by atoms with Crippen LogP contribution in [0.4, 0.5) is 0 Å². The summed E-state index contributed by atoms with van der Waals surface area (Å²) in [6, 6.07) is 8.29. The molecule has 1 aromatic heterocycles. The number of ether oxygens (including phenoxy) is 1. The zero-order chi connectivity index (χ0) is 19.9. The number of carbonyl (C=O) groups is 1. The van der Waals surface area contributed by atoms with Gasteiger partial charge in [-0.15, -0.1) is 0 Å². The smallest absolute Gasteiger partial charge is 0.276 e. The van der Waals surface area contributed by atoms with Crippen molar-refractivity contribution in [3.05, 3.63) is 47.7 Å². The van der Waals surface area contributed by atoms with Crippen molar-refractivity contribution in [1.82, 2.24) is 14.8 Å². The SMILES string of the molecule is CCN(C[C@@H]1CCCN(CCc2cccc(OC)c2)C1)C(=O)c1ncoc1C. The van der Waals surface area contributed by atoms with E-state index in [-0.39, 0.29) is 5.91 Å². The number of carbonyl (C=O) groups excluding carboxylic acids is 1.